The second-order valence-electron chi connectivity index (χ2n) is 6.46. The van der Waals surface area contributed by atoms with Crippen molar-refractivity contribution in [2.75, 3.05) is 20.3 Å². The minimum atomic E-state index is -0.289. The average Bonchev–Trinajstić information content (AvgIpc) is 3.23. The molecule has 0 aliphatic carbocycles. The fraction of sp³-hybridized carbons (Fsp3) is 0.227. The van der Waals surface area contributed by atoms with Gasteiger partial charge >= 0.3 is 0 Å². The van der Waals surface area contributed by atoms with Crippen molar-refractivity contribution in [3.05, 3.63) is 75.8 Å². The van der Waals surface area contributed by atoms with E-state index in [0.29, 0.717) is 25.2 Å². The summed E-state index contributed by atoms with van der Waals surface area (Å²) in [5.74, 6) is 0.868. The highest BCUT2D eigenvalue weighted by Crippen LogP contribution is 2.30. The van der Waals surface area contributed by atoms with Crippen LogP contribution in [0.2, 0.25) is 0 Å². The van der Waals surface area contributed by atoms with Crippen LogP contribution in [0.25, 0.3) is 10.8 Å². The number of ketones is 1. The Morgan fingerprint density at radius 2 is 1.81 bits per heavy atom. The quantitative estimate of drug-likeness (QED) is 0.533. The zero-order chi connectivity index (χ0) is 18.8. The Morgan fingerprint density at radius 1 is 1.07 bits per heavy atom. The molecule has 1 heterocycles. The third-order valence-electron chi connectivity index (χ3n) is 4.67. The first kappa shape index (κ1) is 18.2. The number of ether oxygens (including phenoxy) is 3. The Kier molecular flexibility index (Phi) is 5.25. The first-order valence-corrected chi connectivity index (χ1v) is 9.56. The highest BCUT2D eigenvalue weighted by Gasteiger charge is 2.18. The minimum Gasteiger partial charge on any atom is -0.497 e. The van der Waals surface area contributed by atoms with Crippen molar-refractivity contribution in [2.24, 2.45) is 0 Å². The summed E-state index contributed by atoms with van der Waals surface area (Å²) in [6, 6.07) is 17.5. The van der Waals surface area contributed by atoms with E-state index >= 15 is 0 Å². The predicted octanol–water partition coefficient (Wildman–Crippen LogP) is 5.08. The number of carbonyl (C=O) groups is 1. The molecule has 27 heavy (non-hydrogen) atoms. The summed E-state index contributed by atoms with van der Waals surface area (Å²) < 4.78 is 17.2. The normalized spacial score (nSPS) is 14.6. The van der Waals surface area contributed by atoms with Crippen LogP contribution in [0, 0.1) is 0 Å². The van der Waals surface area contributed by atoms with Gasteiger partial charge in [-0.1, -0.05) is 46.3 Å². The van der Waals surface area contributed by atoms with Crippen molar-refractivity contribution in [2.45, 2.75) is 12.7 Å². The van der Waals surface area contributed by atoms with Crippen molar-refractivity contribution in [1.82, 2.24) is 0 Å². The molecule has 0 bridgehead atoms. The Hall–Kier alpha value is -2.21. The van der Waals surface area contributed by atoms with E-state index in [9.17, 15) is 4.79 Å². The van der Waals surface area contributed by atoms with Gasteiger partial charge in [0.1, 0.15) is 5.75 Å². The molecule has 3 aromatic rings. The molecule has 138 valence electrons. The highest BCUT2D eigenvalue weighted by atomic mass is 79.9. The van der Waals surface area contributed by atoms with E-state index in [1.807, 2.05) is 54.6 Å². The summed E-state index contributed by atoms with van der Waals surface area (Å²) in [7, 11) is 1.64. The number of carbonyl (C=O) groups excluding carboxylic acids is 1. The third-order valence-corrected chi connectivity index (χ3v) is 5.33. The topological polar surface area (TPSA) is 44.8 Å². The van der Waals surface area contributed by atoms with Crippen LogP contribution < -0.4 is 4.74 Å². The lowest BCUT2D eigenvalue weighted by Gasteiger charge is -2.10. The molecule has 0 atom stereocenters. The Bertz CT molecular complexity index is 976. The number of hydrogen-bond acceptors (Lipinski definition) is 4. The van der Waals surface area contributed by atoms with Crippen molar-refractivity contribution in [3.8, 4) is 5.75 Å². The molecule has 0 N–H and O–H groups in total. The number of methoxy groups -OCH3 is 1. The predicted molar refractivity (Wildman–Crippen MR) is 107 cm³/mol. The van der Waals surface area contributed by atoms with Crippen LogP contribution >= 0.6 is 15.9 Å². The van der Waals surface area contributed by atoms with Crippen LogP contribution in [0.4, 0.5) is 0 Å². The lowest BCUT2D eigenvalue weighted by atomic mass is 9.99. The van der Waals surface area contributed by atoms with Gasteiger partial charge in [0, 0.05) is 22.0 Å². The number of rotatable bonds is 5. The maximum absolute atomic E-state index is 12.8. The highest BCUT2D eigenvalue weighted by molar-refractivity contribution is 9.10. The zero-order valence-corrected chi connectivity index (χ0v) is 16.5. The summed E-state index contributed by atoms with van der Waals surface area (Å²) in [6.45, 7) is 1.24. The lowest BCUT2D eigenvalue weighted by Crippen LogP contribution is -2.04. The van der Waals surface area contributed by atoms with Crippen molar-refractivity contribution in [3.63, 3.8) is 0 Å². The van der Waals surface area contributed by atoms with Gasteiger partial charge in [-0.25, -0.2) is 0 Å². The Labute approximate surface area is 166 Å². The largest absolute Gasteiger partial charge is 0.497 e. The van der Waals surface area contributed by atoms with Gasteiger partial charge in [0.15, 0.2) is 12.1 Å². The smallest absolute Gasteiger partial charge is 0.184 e. The molecule has 0 unspecified atom stereocenters. The zero-order valence-electron chi connectivity index (χ0n) is 14.9. The second kappa shape index (κ2) is 7.80. The number of benzene rings is 3. The second-order valence-corrected chi connectivity index (χ2v) is 7.31. The number of hydrogen-bond donors (Lipinski definition) is 0. The molecule has 0 aromatic heterocycles. The molecule has 0 spiro atoms. The Morgan fingerprint density at radius 3 is 2.52 bits per heavy atom. The van der Waals surface area contributed by atoms with E-state index < -0.39 is 0 Å². The molecule has 3 aromatic carbocycles. The van der Waals surface area contributed by atoms with E-state index in [0.717, 1.165) is 32.1 Å². The van der Waals surface area contributed by atoms with Crippen LogP contribution in [-0.2, 0) is 15.9 Å². The van der Waals surface area contributed by atoms with Crippen LogP contribution in [0.15, 0.2) is 59.1 Å². The first-order chi connectivity index (χ1) is 13.1. The molecule has 0 amide bonds. The molecule has 5 heteroatoms. The maximum Gasteiger partial charge on any atom is 0.184 e. The molecule has 0 radical (unpaired) electrons. The van der Waals surface area contributed by atoms with Gasteiger partial charge in [0.25, 0.3) is 0 Å². The molecule has 0 saturated carbocycles. The minimum absolute atomic E-state index is 0.0783. The van der Waals surface area contributed by atoms with Crippen LogP contribution in [0.1, 0.15) is 27.8 Å². The molecule has 4 rings (SSSR count). The molecule has 1 aliphatic rings. The molecular formula is C22H19BrO4. The summed E-state index contributed by atoms with van der Waals surface area (Å²) in [6.07, 6.45) is 0.0593. The van der Waals surface area contributed by atoms with Gasteiger partial charge in [-0.2, -0.15) is 0 Å². The van der Waals surface area contributed by atoms with Gasteiger partial charge in [0.2, 0.25) is 0 Å². The average molecular weight is 427 g/mol. The van der Waals surface area contributed by atoms with E-state index in [-0.39, 0.29) is 12.1 Å². The molecular weight excluding hydrogens is 408 g/mol. The maximum atomic E-state index is 12.8. The van der Waals surface area contributed by atoms with Gasteiger partial charge in [-0.3, -0.25) is 4.79 Å². The number of fused-ring (bicyclic) bond motifs is 1. The monoisotopic (exact) mass is 426 g/mol. The fourth-order valence-electron chi connectivity index (χ4n) is 3.21. The molecule has 1 fully saturated rings. The third kappa shape index (κ3) is 3.90. The number of Topliss-reactive ketones (excluding diaryl/α,β-unsaturated/α-hetero) is 1. The van der Waals surface area contributed by atoms with Crippen molar-refractivity contribution < 1.29 is 19.0 Å². The van der Waals surface area contributed by atoms with Crippen molar-refractivity contribution >= 4 is 32.5 Å². The molecule has 4 nitrogen and oxygen atoms in total. The summed E-state index contributed by atoms with van der Waals surface area (Å²) in [5, 5.41) is 2.02. The Balaban J connectivity index is 1.54. The van der Waals surface area contributed by atoms with Crippen molar-refractivity contribution in [1.29, 1.82) is 0 Å². The van der Waals surface area contributed by atoms with E-state index in [2.05, 4.69) is 15.9 Å². The van der Waals surface area contributed by atoms with E-state index in [4.69, 9.17) is 14.2 Å². The van der Waals surface area contributed by atoms with Gasteiger partial charge < -0.3 is 14.2 Å². The molecule has 1 saturated heterocycles. The van der Waals surface area contributed by atoms with Crippen LogP contribution in [0.3, 0.4) is 0 Å². The first-order valence-electron chi connectivity index (χ1n) is 8.76. The van der Waals surface area contributed by atoms with Crippen LogP contribution in [0.5, 0.6) is 5.75 Å². The van der Waals surface area contributed by atoms with E-state index in [1.165, 1.54) is 0 Å². The SMILES string of the molecule is COc1ccc2cc(C(=O)Cc3ccc(C4OCCO4)cc3)cc(Br)c2c1. The van der Waals surface area contributed by atoms with Gasteiger partial charge in [-0.05, 0) is 40.6 Å². The number of halogens is 1. The lowest BCUT2D eigenvalue weighted by molar-refractivity contribution is -0.0441. The van der Waals surface area contributed by atoms with E-state index in [1.54, 1.807) is 7.11 Å². The van der Waals surface area contributed by atoms with Crippen LogP contribution in [-0.4, -0.2) is 26.1 Å². The summed E-state index contributed by atoms with van der Waals surface area (Å²) in [4.78, 5) is 12.8. The fourth-order valence-corrected chi connectivity index (χ4v) is 3.80. The standard InChI is InChI=1S/C22H19BrO4/c1-25-18-7-6-16-11-17(12-20(23)19(16)13-18)21(24)10-14-2-4-15(5-3-14)22-26-8-9-27-22/h2-7,11-13,22H,8-10H2,1H3. The molecule has 1 aliphatic heterocycles. The van der Waals surface area contributed by atoms with Gasteiger partial charge in [-0.15, -0.1) is 0 Å². The van der Waals surface area contributed by atoms with Gasteiger partial charge in [0.05, 0.1) is 20.3 Å². The summed E-state index contributed by atoms with van der Waals surface area (Å²) in [5.41, 5.74) is 2.63. The summed E-state index contributed by atoms with van der Waals surface area (Å²) >= 11 is 3.58.